The van der Waals surface area contributed by atoms with Crippen molar-refractivity contribution in [2.75, 3.05) is 40.2 Å². The van der Waals surface area contributed by atoms with Gasteiger partial charge in [-0.3, -0.25) is 9.59 Å². The minimum absolute atomic E-state index is 0.0422. The second kappa shape index (κ2) is 8.84. The Morgan fingerprint density at radius 2 is 1.93 bits per heavy atom. The lowest BCUT2D eigenvalue weighted by molar-refractivity contribution is -0.140. The van der Waals surface area contributed by atoms with Gasteiger partial charge < -0.3 is 24.4 Å². The van der Waals surface area contributed by atoms with Crippen LogP contribution in [-0.2, 0) is 14.3 Å². The molecule has 8 heteroatoms. The molecule has 7 nitrogen and oxygen atoms in total. The van der Waals surface area contributed by atoms with Gasteiger partial charge in [-0.05, 0) is 30.5 Å². The van der Waals surface area contributed by atoms with Gasteiger partial charge in [0.2, 0.25) is 11.8 Å². The molecule has 0 aromatic heterocycles. The molecule has 1 saturated heterocycles. The molecule has 1 aromatic carbocycles. The third kappa shape index (κ3) is 4.32. The molecule has 0 radical (unpaired) electrons. The summed E-state index contributed by atoms with van der Waals surface area (Å²) in [5.41, 5.74) is 0.929. The van der Waals surface area contributed by atoms with E-state index in [0.717, 1.165) is 18.4 Å². The average molecular weight is 394 g/mol. The van der Waals surface area contributed by atoms with Gasteiger partial charge in [-0.1, -0.05) is 6.07 Å². The second-order valence-corrected chi connectivity index (χ2v) is 7.73. The number of amides is 2. The zero-order valence-corrected chi connectivity index (χ0v) is 16.7. The van der Waals surface area contributed by atoms with Crippen LogP contribution in [0.1, 0.15) is 23.8 Å². The van der Waals surface area contributed by atoms with Crippen molar-refractivity contribution in [2.24, 2.45) is 5.92 Å². The Morgan fingerprint density at radius 1 is 1.19 bits per heavy atom. The van der Waals surface area contributed by atoms with E-state index in [9.17, 15) is 9.59 Å². The van der Waals surface area contributed by atoms with Crippen LogP contribution in [-0.4, -0.2) is 63.0 Å². The first-order valence-electron chi connectivity index (χ1n) is 9.03. The predicted molar refractivity (Wildman–Crippen MR) is 103 cm³/mol. The summed E-state index contributed by atoms with van der Waals surface area (Å²) in [5.74, 6) is 1.79. The number of hydrogen-bond donors (Lipinski definition) is 1. The molecule has 1 heterocycles. The fourth-order valence-electron chi connectivity index (χ4n) is 3.18. The smallest absolute Gasteiger partial charge is 0.243 e. The fraction of sp³-hybridized carbons (Fsp3) is 0.579. The maximum atomic E-state index is 13.0. The van der Waals surface area contributed by atoms with Gasteiger partial charge in [-0.15, -0.1) is 11.8 Å². The molecule has 2 amide bonds. The van der Waals surface area contributed by atoms with Crippen molar-refractivity contribution in [3.63, 3.8) is 0 Å². The number of benzene rings is 1. The molecule has 148 valence electrons. The van der Waals surface area contributed by atoms with E-state index in [-0.39, 0.29) is 23.1 Å². The Kier molecular flexibility index (Phi) is 6.49. The number of nitrogens with zero attached hydrogens (tertiary/aromatic N) is 1. The van der Waals surface area contributed by atoms with Crippen molar-refractivity contribution in [2.45, 2.75) is 24.3 Å². The lowest BCUT2D eigenvalue weighted by Crippen LogP contribution is -2.49. The van der Waals surface area contributed by atoms with Gasteiger partial charge in [0.1, 0.15) is 11.4 Å². The quantitative estimate of drug-likeness (QED) is 0.678. The minimum atomic E-state index is -0.474. The number of rotatable bonds is 8. The molecule has 1 saturated carbocycles. The van der Waals surface area contributed by atoms with E-state index in [1.165, 1.54) is 0 Å². The van der Waals surface area contributed by atoms with Gasteiger partial charge in [0.15, 0.2) is 11.5 Å². The number of carbonyl (C=O) groups excluding carboxylic acids is 2. The van der Waals surface area contributed by atoms with Crippen molar-refractivity contribution < 1.29 is 23.8 Å². The molecular weight excluding hydrogens is 368 g/mol. The molecule has 2 atom stereocenters. The topological polar surface area (TPSA) is 77.1 Å². The lowest BCUT2D eigenvalue weighted by atomic mass is 10.1. The molecule has 2 fully saturated rings. The van der Waals surface area contributed by atoms with E-state index in [0.29, 0.717) is 30.4 Å². The summed E-state index contributed by atoms with van der Waals surface area (Å²) >= 11 is 1.60. The maximum Gasteiger partial charge on any atom is 0.243 e. The molecule has 0 bridgehead atoms. The highest BCUT2D eigenvalue weighted by Gasteiger charge is 2.46. The fourth-order valence-corrected chi connectivity index (χ4v) is 4.60. The van der Waals surface area contributed by atoms with Crippen LogP contribution >= 0.6 is 11.8 Å². The molecular formula is C19H26N2O5S. The minimum Gasteiger partial charge on any atom is -0.493 e. The van der Waals surface area contributed by atoms with Gasteiger partial charge in [0.05, 0.1) is 20.8 Å². The second-order valence-electron chi connectivity index (χ2n) is 6.62. The zero-order chi connectivity index (χ0) is 19.4. The molecule has 2 aliphatic rings. The van der Waals surface area contributed by atoms with Gasteiger partial charge in [-0.2, -0.15) is 0 Å². The van der Waals surface area contributed by atoms with Crippen LogP contribution in [0.5, 0.6) is 11.5 Å². The van der Waals surface area contributed by atoms with Crippen LogP contribution < -0.4 is 14.8 Å². The molecule has 1 aromatic rings. The summed E-state index contributed by atoms with van der Waals surface area (Å²) < 4.78 is 15.7. The van der Waals surface area contributed by atoms with E-state index in [4.69, 9.17) is 14.2 Å². The maximum absolute atomic E-state index is 13.0. The van der Waals surface area contributed by atoms with Gasteiger partial charge in [-0.25, -0.2) is 0 Å². The first-order valence-corrected chi connectivity index (χ1v) is 10.1. The van der Waals surface area contributed by atoms with Gasteiger partial charge >= 0.3 is 0 Å². The average Bonchev–Trinajstić information content (AvgIpc) is 3.45. The van der Waals surface area contributed by atoms with E-state index in [1.807, 2.05) is 18.2 Å². The number of nitrogens with one attached hydrogen (secondary N) is 1. The largest absolute Gasteiger partial charge is 0.493 e. The zero-order valence-electron chi connectivity index (χ0n) is 15.9. The van der Waals surface area contributed by atoms with Gasteiger partial charge in [0.25, 0.3) is 0 Å². The third-order valence-corrected chi connectivity index (χ3v) is 6.11. The Bertz CT molecular complexity index is 695. The monoisotopic (exact) mass is 394 g/mol. The Morgan fingerprint density at radius 3 is 2.56 bits per heavy atom. The lowest BCUT2D eigenvalue weighted by Gasteiger charge is -2.29. The summed E-state index contributed by atoms with van der Waals surface area (Å²) in [5, 5.41) is 2.65. The highest BCUT2D eigenvalue weighted by molar-refractivity contribution is 7.99. The molecule has 27 heavy (non-hydrogen) atoms. The van der Waals surface area contributed by atoms with Gasteiger partial charge in [0, 0.05) is 25.3 Å². The summed E-state index contributed by atoms with van der Waals surface area (Å²) in [6.45, 7) is 0.879. The first kappa shape index (κ1) is 19.8. The van der Waals surface area contributed by atoms with Crippen molar-refractivity contribution in [1.29, 1.82) is 0 Å². The number of hydrogen-bond acceptors (Lipinski definition) is 6. The van der Waals surface area contributed by atoms with Crippen molar-refractivity contribution in [1.82, 2.24) is 10.2 Å². The Labute approximate surface area is 163 Å². The number of thioether (sulfide) groups is 1. The Hall–Kier alpha value is -1.93. The standard InChI is InChI=1S/C19H26N2O5S/c1-24-9-8-20-17(22)14-11-27-19(21(14)18(23)12-4-5-12)13-6-7-15(25-2)16(10-13)26-3/h6-7,10,12,14,19H,4-5,8-9,11H2,1-3H3,(H,20,22)/t14-,19+/m1/s1. The molecule has 1 aliphatic heterocycles. The van der Waals surface area contributed by atoms with E-state index in [1.54, 1.807) is 38.0 Å². The van der Waals surface area contributed by atoms with Crippen LogP contribution in [0.2, 0.25) is 0 Å². The normalized spacial score (nSPS) is 21.8. The molecule has 0 unspecified atom stereocenters. The highest BCUT2D eigenvalue weighted by Crippen LogP contribution is 2.46. The van der Waals surface area contributed by atoms with E-state index < -0.39 is 6.04 Å². The van der Waals surface area contributed by atoms with Crippen LogP contribution in [0.15, 0.2) is 18.2 Å². The Balaban J connectivity index is 1.83. The third-order valence-electron chi connectivity index (χ3n) is 4.78. The summed E-state index contributed by atoms with van der Waals surface area (Å²) in [6.07, 6.45) is 1.80. The van der Waals surface area contributed by atoms with Crippen LogP contribution in [0.3, 0.4) is 0 Å². The van der Waals surface area contributed by atoms with Crippen molar-refractivity contribution in [3.8, 4) is 11.5 Å². The SMILES string of the molecule is COCCNC(=O)[C@H]1CS[C@@H](c2ccc(OC)c(OC)c2)N1C(=O)C1CC1. The van der Waals surface area contributed by atoms with Crippen molar-refractivity contribution >= 4 is 23.6 Å². The molecule has 1 aliphatic carbocycles. The molecule has 3 rings (SSSR count). The first-order chi connectivity index (χ1) is 13.1. The van der Waals surface area contributed by atoms with Crippen LogP contribution in [0, 0.1) is 5.92 Å². The summed E-state index contributed by atoms with van der Waals surface area (Å²) in [7, 11) is 4.77. The van der Waals surface area contributed by atoms with E-state index in [2.05, 4.69) is 5.32 Å². The summed E-state index contributed by atoms with van der Waals surface area (Å²) in [6, 6.07) is 5.17. The highest BCUT2D eigenvalue weighted by atomic mass is 32.2. The molecule has 1 N–H and O–H groups in total. The van der Waals surface area contributed by atoms with Crippen molar-refractivity contribution in [3.05, 3.63) is 23.8 Å². The van der Waals surface area contributed by atoms with E-state index >= 15 is 0 Å². The molecule has 0 spiro atoms. The van der Waals surface area contributed by atoms with Crippen LogP contribution in [0.4, 0.5) is 0 Å². The summed E-state index contributed by atoms with van der Waals surface area (Å²) in [4.78, 5) is 27.4. The van der Waals surface area contributed by atoms with Crippen LogP contribution in [0.25, 0.3) is 0 Å². The number of ether oxygens (including phenoxy) is 3. The number of methoxy groups -OCH3 is 3. The predicted octanol–water partition coefficient (Wildman–Crippen LogP) is 1.82. The number of carbonyl (C=O) groups is 2.